The molecule has 1 aliphatic rings. The summed E-state index contributed by atoms with van der Waals surface area (Å²) in [5.74, 6) is 0.742. The summed E-state index contributed by atoms with van der Waals surface area (Å²) in [6.07, 6.45) is 0.150. The highest BCUT2D eigenvalue weighted by molar-refractivity contribution is 5.55. The van der Waals surface area contributed by atoms with Gasteiger partial charge in [0.15, 0.2) is 0 Å². The summed E-state index contributed by atoms with van der Waals surface area (Å²) in [4.78, 5) is 9.89. The van der Waals surface area contributed by atoms with Gasteiger partial charge in [-0.3, -0.25) is 0 Å². The van der Waals surface area contributed by atoms with E-state index in [2.05, 4.69) is 15.3 Å². The van der Waals surface area contributed by atoms with Gasteiger partial charge in [0.25, 0.3) is 0 Å². The molecule has 0 amide bonds. The van der Waals surface area contributed by atoms with Crippen molar-refractivity contribution in [3.8, 4) is 6.07 Å². The van der Waals surface area contributed by atoms with Gasteiger partial charge in [-0.25, -0.2) is 9.97 Å². The smallest absolute Gasteiger partial charge is 0.371 e. The zero-order chi connectivity index (χ0) is 17.9. The van der Waals surface area contributed by atoms with Crippen molar-refractivity contribution in [1.29, 1.82) is 5.26 Å². The monoisotopic (exact) mass is 347 g/mol. The molecule has 0 bridgehead atoms. The fourth-order valence-corrected chi connectivity index (χ4v) is 2.93. The lowest BCUT2D eigenvalue weighted by atomic mass is 10.0. The third-order valence-corrected chi connectivity index (χ3v) is 4.22. The Morgan fingerprint density at radius 2 is 1.96 bits per heavy atom. The van der Waals surface area contributed by atoms with Gasteiger partial charge in [0.2, 0.25) is 0 Å². The van der Waals surface area contributed by atoms with E-state index in [-0.39, 0.29) is 11.6 Å². The van der Waals surface area contributed by atoms with E-state index in [9.17, 15) is 13.2 Å². The van der Waals surface area contributed by atoms with E-state index in [4.69, 9.17) is 5.26 Å². The van der Waals surface area contributed by atoms with Gasteiger partial charge in [-0.2, -0.15) is 18.4 Å². The van der Waals surface area contributed by atoms with Gasteiger partial charge >= 0.3 is 6.18 Å². The zero-order valence-electron chi connectivity index (χ0n) is 13.3. The third-order valence-electron chi connectivity index (χ3n) is 4.22. The SMILES string of the molecule is N#Cc1ccc(N2CCC(Nc3ccncn3)CC2)cc1C(F)(F)F. The number of piperidine rings is 1. The van der Waals surface area contributed by atoms with E-state index in [1.54, 1.807) is 24.4 Å². The van der Waals surface area contributed by atoms with Crippen LogP contribution in [0.1, 0.15) is 24.0 Å². The summed E-state index contributed by atoms with van der Waals surface area (Å²) in [6, 6.07) is 7.48. The maximum Gasteiger partial charge on any atom is 0.417 e. The predicted molar refractivity (Wildman–Crippen MR) is 87.0 cm³/mol. The number of alkyl halides is 3. The molecule has 0 radical (unpaired) electrons. The first-order chi connectivity index (χ1) is 12.0. The van der Waals surface area contributed by atoms with Gasteiger partial charge in [0, 0.05) is 31.0 Å². The normalized spacial score (nSPS) is 15.7. The molecule has 1 aromatic heterocycles. The zero-order valence-corrected chi connectivity index (χ0v) is 13.3. The van der Waals surface area contributed by atoms with E-state index >= 15 is 0 Å². The highest BCUT2D eigenvalue weighted by atomic mass is 19.4. The van der Waals surface area contributed by atoms with Crippen molar-refractivity contribution < 1.29 is 13.2 Å². The number of halogens is 3. The minimum atomic E-state index is -4.53. The molecule has 3 rings (SSSR count). The van der Waals surface area contributed by atoms with Crippen molar-refractivity contribution >= 4 is 11.5 Å². The third kappa shape index (κ3) is 3.99. The van der Waals surface area contributed by atoms with Crippen LogP contribution in [0.2, 0.25) is 0 Å². The molecule has 0 unspecified atom stereocenters. The topological polar surface area (TPSA) is 64.8 Å². The van der Waals surface area contributed by atoms with Crippen molar-refractivity contribution in [2.24, 2.45) is 0 Å². The van der Waals surface area contributed by atoms with Gasteiger partial charge in [-0.1, -0.05) is 0 Å². The Kier molecular flexibility index (Phi) is 4.74. The van der Waals surface area contributed by atoms with E-state index in [0.29, 0.717) is 18.8 Å². The lowest BCUT2D eigenvalue weighted by Gasteiger charge is -2.34. The molecule has 8 heteroatoms. The van der Waals surface area contributed by atoms with Crippen LogP contribution >= 0.6 is 0 Å². The van der Waals surface area contributed by atoms with Crippen LogP contribution in [0.25, 0.3) is 0 Å². The van der Waals surface area contributed by atoms with Crippen molar-refractivity contribution in [2.45, 2.75) is 25.1 Å². The van der Waals surface area contributed by atoms with Crippen molar-refractivity contribution in [3.63, 3.8) is 0 Å². The number of anilines is 2. The van der Waals surface area contributed by atoms with Gasteiger partial charge in [0.1, 0.15) is 12.1 Å². The minimum Gasteiger partial charge on any atom is -0.371 e. The van der Waals surface area contributed by atoms with E-state index < -0.39 is 11.7 Å². The van der Waals surface area contributed by atoms with E-state index in [0.717, 1.165) is 24.7 Å². The average molecular weight is 347 g/mol. The summed E-state index contributed by atoms with van der Waals surface area (Å²) in [7, 11) is 0. The molecule has 0 atom stereocenters. The molecule has 5 nitrogen and oxygen atoms in total. The van der Waals surface area contributed by atoms with Crippen molar-refractivity contribution in [3.05, 3.63) is 47.9 Å². The van der Waals surface area contributed by atoms with Crippen LogP contribution in [-0.4, -0.2) is 29.1 Å². The molecule has 1 saturated heterocycles. The molecule has 0 aliphatic carbocycles. The highest BCUT2D eigenvalue weighted by Gasteiger charge is 2.34. The molecule has 2 heterocycles. The Labute approximate surface area is 143 Å². The van der Waals surface area contributed by atoms with Crippen LogP contribution in [0.5, 0.6) is 0 Å². The fourth-order valence-electron chi connectivity index (χ4n) is 2.93. The molecule has 130 valence electrons. The number of hydrogen-bond acceptors (Lipinski definition) is 5. The first-order valence-electron chi connectivity index (χ1n) is 7.86. The lowest BCUT2D eigenvalue weighted by molar-refractivity contribution is -0.137. The van der Waals surface area contributed by atoms with Crippen LogP contribution < -0.4 is 10.2 Å². The second-order valence-corrected chi connectivity index (χ2v) is 5.84. The lowest BCUT2D eigenvalue weighted by Crippen LogP contribution is -2.39. The summed E-state index contributed by atoms with van der Waals surface area (Å²) >= 11 is 0. The molecule has 0 spiro atoms. The number of nitrogens with zero attached hydrogens (tertiary/aromatic N) is 4. The highest BCUT2D eigenvalue weighted by Crippen LogP contribution is 2.35. The summed E-state index contributed by atoms with van der Waals surface area (Å²) in [6.45, 7) is 1.26. The maximum absolute atomic E-state index is 13.1. The quantitative estimate of drug-likeness (QED) is 0.921. The summed E-state index contributed by atoms with van der Waals surface area (Å²) in [5, 5.41) is 12.2. The molecule has 0 saturated carbocycles. The Morgan fingerprint density at radius 1 is 1.20 bits per heavy atom. The molecular formula is C17H16F3N5. The van der Waals surface area contributed by atoms with Gasteiger partial charge in [0.05, 0.1) is 17.2 Å². The number of hydrogen-bond donors (Lipinski definition) is 1. The molecule has 2 aromatic rings. The second kappa shape index (κ2) is 6.97. The Hall–Kier alpha value is -2.82. The standard InChI is InChI=1S/C17H16F3N5/c18-17(19,20)15-9-14(2-1-12(15)10-21)25-7-4-13(5-8-25)24-16-3-6-22-11-23-16/h1-3,6,9,11,13H,4-5,7-8H2,(H,22,23,24). The number of nitriles is 1. The van der Waals surface area contributed by atoms with Crippen molar-refractivity contribution in [2.75, 3.05) is 23.3 Å². The number of benzene rings is 1. The molecular weight excluding hydrogens is 331 g/mol. The van der Waals surface area contributed by atoms with Crippen LogP contribution in [0, 0.1) is 11.3 Å². The number of rotatable bonds is 3. The van der Waals surface area contributed by atoms with Crippen LogP contribution in [0.4, 0.5) is 24.7 Å². The van der Waals surface area contributed by atoms with Gasteiger partial charge in [-0.15, -0.1) is 0 Å². The Bertz CT molecular complexity index is 762. The largest absolute Gasteiger partial charge is 0.417 e. The van der Waals surface area contributed by atoms with E-state index in [1.165, 1.54) is 12.4 Å². The van der Waals surface area contributed by atoms with Gasteiger partial charge < -0.3 is 10.2 Å². The first-order valence-corrected chi connectivity index (χ1v) is 7.86. The Morgan fingerprint density at radius 3 is 2.56 bits per heavy atom. The summed E-state index contributed by atoms with van der Waals surface area (Å²) in [5.41, 5.74) is -0.739. The number of aromatic nitrogens is 2. The van der Waals surface area contributed by atoms with Gasteiger partial charge in [-0.05, 0) is 37.1 Å². The average Bonchev–Trinajstić information content (AvgIpc) is 2.62. The van der Waals surface area contributed by atoms with Crippen LogP contribution in [-0.2, 0) is 6.18 Å². The fraction of sp³-hybridized carbons (Fsp3) is 0.353. The second-order valence-electron chi connectivity index (χ2n) is 5.84. The molecule has 25 heavy (non-hydrogen) atoms. The van der Waals surface area contributed by atoms with Crippen LogP contribution in [0.15, 0.2) is 36.8 Å². The predicted octanol–water partition coefficient (Wildman–Crippen LogP) is 3.45. The molecule has 1 N–H and O–H groups in total. The molecule has 1 fully saturated rings. The number of nitrogens with one attached hydrogen (secondary N) is 1. The van der Waals surface area contributed by atoms with E-state index in [1.807, 2.05) is 4.90 Å². The maximum atomic E-state index is 13.1. The summed E-state index contributed by atoms with van der Waals surface area (Å²) < 4.78 is 39.3. The molecule has 1 aliphatic heterocycles. The van der Waals surface area contributed by atoms with Crippen LogP contribution in [0.3, 0.4) is 0 Å². The first kappa shape index (κ1) is 17.0. The van der Waals surface area contributed by atoms with Crippen molar-refractivity contribution in [1.82, 2.24) is 9.97 Å². The Balaban J connectivity index is 1.68. The minimum absolute atomic E-state index is 0.214. The molecule has 1 aromatic carbocycles.